The number of nitrogens with zero attached hydrogens (tertiary/aromatic N) is 2. The fourth-order valence-corrected chi connectivity index (χ4v) is 1.92. The quantitative estimate of drug-likeness (QED) is 0.723. The third kappa shape index (κ3) is 1.66. The number of fused-ring (bicyclic) bond motifs is 1. The van der Waals surface area contributed by atoms with E-state index in [1.54, 1.807) is 24.3 Å². The monoisotopic (exact) mass is 241 g/mol. The van der Waals surface area contributed by atoms with Crippen LogP contribution in [0.2, 0.25) is 0 Å². The normalized spacial score (nSPS) is 10.9. The van der Waals surface area contributed by atoms with Crippen molar-refractivity contribution in [2.75, 3.05) is 0 Å². The van der Waals surface area contributed by atoms with Gasteiger partial charge in [-0.25, -0.2) is 14.3 Å². The van der Waals surface area contributed by atoms with Gasteiger partial charge in [-0.15, -0.1) is 0 Å². The number of H-pyrrole nitrogens is 1. The zero-order valence-corrected chi connectivity index (χ0v) is 9.71. The van der Waals surface area contributed by atoms with E-state index < -0.39 is 5.97 Å². The van der Waals surface area contributed by atoms with Gasteiger partial charge in [0.15, 0.2) is 5.65 Å². The van der Waals surface area contributed by atoms with Crippen LogP contribution in [0.3, 0.4) is 0 Å². The lowest BCUT2D eigenvalue weighted by molar-refractivity contribution is 0.0697. The fraction of sp³-hybridized carbons (Fsp3) is 0.0769. The third-order valence-electron chi connectivity index (χ3n) is 2.80. The third-order valence-corrected chi connectivity index (χ3v) is 2.80. The van der Waals surface area contributed by atoms with Crippen LogP contribution in [0.5, 0.6) is 0 Å². The van der Waals surface area contributed by atoms with Gasteiger partial charge >= 0.3 is 5.97 Å². The number of hydrogen-bond donors (Lipinski definition) is 2. The minimum Gasteiger partial charge on any atom is -0.478 e. The SMILES string of the molecule is Cc1cc2nc(-c3ccc(C(=O)O)cc3)cn2[nH]1. The van der Waals surface area contributed by atoms with Crippen molar-refractivity contribution in [3.05, 3.63) is 47.8 Å². The Hall–Kier alpha value is -2.56. The molecule has 0 fully saturated rings. The van der Waals surface area contributed by atoms with E-state index in [-0.39, 0.29) is 5.56 Å². The number of aromatic carboxylic acids is 1. The molecule has 5 nitrogen and oxygen atoms in total. The summed E-state index contributed by atoms with van der Waals surface area (Å²) >= 11 is 0. The lowest BCUT2D eigenvalue weighted by Gasteiger charge is -1.97. The largest absolute Gasteiger partial charge is 0.478 e. The Labute approximate surface area is 103 Å². The maximum absolute atomic E-state index is 10.8. The summed E-state index contributed by atoms with van der Waals surface area (Å²) in [4.78, 5) is 15.2. The molecular formula is C13H11N3O2. The van der Waals surface area contributed by atoms with Crippen molar-refractivity contribution in [2.24, 2.45) is 0 Å². The van der Waals surface area contributed by atoms with E-state index in [9.17, 15) is 4.79 Å². The number of carboxylic acids is 1. The van der Waals surface area contributed by atoms with Crippen LogP contribution in [0.1, 0.15) is 16.1 Å². The number of carbonyl (C=O) groups is 1. The van der Waals surface area contributed by atoms with Gasteiger partial charge in [-0.2, -0.15) is 0 Å². The Kier molecular flexibility index (Phi) is 2.19. The van der Waals surface area contributed by atoms with Crippen molar-refractivity contribution in [3.8, 4) is 11.3 Å². The Balaban J connectivity index is 2.02. The molecule has 2 heterocycles. The van der Waals surface area contributed by atoms with Gasteiger partial charge in [-0.05, 0) is 19.1 Å². The summed E-state index contributed by atoms with van der Waals surface area (Å²) in [6, 6.07) is 8.64. The molecule has 2 aromatic heterocycles. The molecule has 0 radical (unpaired) electrons. The number of rotatable bonds is 2. The van der Waals surface area contributed by atoms with Crippen molar-refractivity contribution >= 4 is 11.6 Å². The highest BCUT2D eigenvalue weighted by molar-refractivity contribution is 5.88. The van der Waals surface area contributed by atoms with Crippen LogP contribution in [0.4, 0.5) is 0 Å². The van der Waals surface area contributed by atoms with Gasteiger partial charge in [-0.3, -0.25) is 5.10 Å². The summed E-state index contributed by atoms with van der Waals surface area (Å²) in [5.41, 5.74) is 3.89. The van der Waals surface area contributed by atoms with Crippen molar-refractivity contribution in [1.29, 1.82) is 0 Å². The molecule has 3 aromatic rings. The molecule has 0 saturated carbocycles. The molecular weight excluding hydrogens is 230 g/mol. The number of nitrogens with one attached hydrogen (secondary N) is 1. The molecule has 90 valence electrons. The molecule has 0 aliphatic carbocycles. The van der Waals surface area contributed by atoms with Crippen LogP contribution in [0.25, 0.3) is 16.9 Å². The zero-order valence-electron chi connectivity index (χ0n) is 9.71. The van der Waals surface area contributed by atoms with E-state index in [4.69, 9.17) is 5.11 Å². The molecule has 0 atom stereocenters. The molecule has 1 aromatic carbocycles. The second kappa shape index (κ2) is 3.73. The van der Waals surface area contributed by atoms with Crippen LogP contribution in [-0.4, -0.2) is 25.7 Å². The van der Waals surface area contributed by atoms with Crippen molar-refractivity contribution in [1.82, 2.24) is 14.6 Å². The summed E-state index contributed by atoms with van der Waals surface area (Å²) < 4.78 is 1.84. The molecule has 0 unspecified atom stereocenters. The van der Waals surface area contributed by atoms with Crippen molar-refractivity contribution in [2.45, 2.75) is 6.92 Å². The van der Waals surface area contributed by atoms with E-state index in [0.717, 1.165) is 22.6 Å². The standard InChI is InChI=1S/C13H11N3O2/c1-8-6-12-14-11(7-16(12)15-8)9-2-4-10(5-3-9)13(17)18/h2-7,15H,1H3,(H,17,18). The fourth-order valence-electron chi connectivity index (χ4n) is 1.92. The summed E-state index contributed by atoms with van der Waals surface area (Å²) in [5, 5.41) is 12.0. The van der Waals surface area contributed by atoms with Gasteiger partial charge in [0.05, 0.1) is 17.5 Å². The topological polar surface area (TPSA) is 70.4 Å². The first kappa shape index (κ1) is 10.6. The lowest BCUT2D eigenvalue weighted by atomic mass is 10.1. The smallest absolute Gasteiger partial charge is 0.335 e. The molecule has 0 aliphatic heterocycles. The molecule has 3 rings (SSSR count). The van der Waals surface area contributed by atoms with Gasteiger partial charge in [0, 0.05) is 17.3 Å². The van der Waals surface area contributed by atoms with Gasteiger partial charge in [-0.1, -0.05) is 12.1 Å². The molecule has 0 aliphatic rings. The number of aromatic nitrogens is 3. The molecule has 0 amide bonds. The second-order valence-corrected chi connectivity index (χ2v) is 4.18. The molecule has 2 N–H and O–H groups in total. The van der Waals surface area contributed by atoms with E-state index in [1.807, 2.05) is 23.7 Å². The van der Waals surface area contributed by atoms with Gasteiger partial charge < -0.3 is 5.11 Å². The highest BCUT2D eigenvalue weighted by Crippen LogP contribution is 2.20. The zero-order chi connectivity index (χ0) is 12.7. The average Bonchev–Trinajstić information content (AvgIpc) is 2.86. The summed E-state index contributed by atoms with van der Waals surface area (Å²) in [6.45, 7) is 1.97. The van der Waals surface area contributed by atoms with Crippen LogP contribution < -0.4 is 0 Å². The Bertz CT molecular complexity index is 691. The Morgan fingerprint density at radius 1 is 1.33 bits per heavy atom. The van der Waals surface area contributed by atoms with Crippen LogP contribution >= 0.6 is 0 Å². The number of imidazole rings is 1. The predicted octanol–water partition coefficient (Wildman–Crippen LogP) is 2.34. The molecule has 18 heavy (non-hydrogen) atoms. The van der Waals surface area contributed by atoms with Gasteiger partial charge in [0.1, 0.15) is 0 Å². The van der Waals surface area contributed by atoms with E-state index >= 15 is 0 Å². The number of aryl methyl sites for hydroxylation is 1. The highest BCUT2D eigenvalue weighted by atomic mass is 16.4. The first-order chi connectivity index (χ1) is 8.63. The van der Waals surface area contributed by atoms with E-state index in [2.05, 4.69) is 10.1 Å². The highest BCUT2D eigenvalue weighted by Gasteiger charge is 2.07. The summed E-state index contributed by atoms with van der Waals surface area (Å²) in [6.07, 6.45) is 1.89. The number of hydrogen-bond acceptors (Lipinski definition) is 2. The molecule has 0 bridgehead atoms. The predicted molar refractivity (Wildman–Crippen MR) is 66.7 cm³/mol. The van der Waals surface area contributed by atoms with Crippen molar-refractivity contribution < 1.29 is 9.90 Å². The van der Waals surface area contributed by atoms with Crippen molar-refractivity contribution in [3.63, 3.8) is 0 Å². The van der Waals surface area contributed by atoms with Gasteiger partial charge in [0.2, 0.25) is 0 Å². The van der Waals surface area contributed by atoms with Crippen LogP contribution in [-0.2, 0) is 0 Å². The van der Waals surface area contributed by atoms with E-state index in [1.165, 1.54) is 0 Å². The molecule has 0 spiro atoms. The number of carboxylic acid groups (broad SMARTS) is 1. The number of aromatic amines is 1. The minimum absolute atomic E-state index is 0.277. The molecule has 0 saturated heterocycles. The van der Waals surface area contributed by atoms with E-state index in [0.29, 0.717) is 0 Å². The number of benzene rings is 1. The van der Waals surface area contributed by atoms with Gasteiger partial charge in [0.25, 0.3) is 0 Å². The van der Waals surface area contributed by atoms with Crippen LogP contribution in [0.15, 0.2) is 36.5 Å². The first-order valence-electron chi connectivity index (χ1n) is 5.52. The second-order valence-electron chi connectivity index (χ2n) is 4.18. The summed E-state index contributed by atoms with van der Waals surface area (Å²) in [7, 11) is 0. The van der Waals surface area contributed by atoms with Crippen LogP contribution in [0, 0.1) is 6.92 Å². The lowest BCUT2D eigenvalue weighted by Crippen LogP contribution is -1.94. The minimum atomic E-state index is -0.922. The average molecular weight is 241 g/mol. The molecule has 5 heteroatoms. The maximum Gasteiger partial charge on any atom is 0.335 e. The Morgan fingerprint density at radius 2 is 2.06 bits per heavy atom. The maximum atomic E-state index is 10.8. The summed E-state index contributed by atoms with van der Waals surface area (Å²) in [5.74, 6) is -0.922. The first-order valence-corrected chi connectivity index (χ1v) is 5.52. The Morgan fingerprint density at radius 3 is 2.67 bits per heavy atom.